The van der Waals surface area contributed by atoms with E-state index in [1.165, 1.54) is 12.1 Å². The van der Waals surface area contributed by atoms with E-state index >= 15 is 0 Å². The van der Waals surface area contributed by atoms with Gasteiger partial charge in [0, 0.05) is 59.9 Å². The summed E-state index contributed by atoms with van der Waals surface area (Å²) < 4.78 is 17.3. The van der Waals surface area contributed by atoms with Crippen LogP contribution in [0.1, 0.15) is 12.0 Å². The van der Waals surface area contributed by atoms with Crippen molar-refractivity contribution in [3.8, 4) is 23.0 Å². The molecule has 3 aromatic carbocycles. The van der Waals surface area contributed by atoms with Crippen molar-refractivity contribution in [2.24, 2.45) is 0 Å². The van der Waals surface area contributed by atoms with Crippen LogP contribution in [-0.4, -0.2) is 45.4 Å². The number of methoxy groups -OCH3 is 2. The summed E-state index contributed by atoms with van der Waals surface area (Å²) in [6, 6.07) is 20.9. The van der Waals surface area contributed by atoms with Gasteiger partial charge in [0.15, 0.2) is 11.5 Å². The Morgan fingerprint density at radius 3 is 2.33 bits per heavy atom. The molecular weight excluding hydrogens is 452 g/mol. The number of pyridine rings is 1. The summed E-state index contributed by atoms with van der Waals surface area (Å²) >= 11 is 0. The number of likely N-dealkylation sites (N-methyl/N-ethyl adjacent to an activating group) is 1. The van der Waals surface area contributed by atoms with Gasteiger partial charge in [0.25, 0.3) is 0 Å². The Bertz CT molecular complexity index is 1360. The number of nitrogens with one attached hydrogen (secondary N) is 2. The van der Waals surface area contributed by atoms with Crippen LogP contribution in [0.3, 0.4) is 0 Å². The van der Waals surface area contributed by atoms with Gasteiger partial charge >= 0.3 is 0 Å². The molecule has 2 N–H and O–H groups in total. The number of ether oxygens (including phenoxy) is 3. The lowest BCUT2D eigenvalue weighted by molar-refractivity contribution is 0.355. The molecule has 0 aliphatic carbocycles. The van der Waals surface area contributed by atoms with Crippen molar-refractivity contribution in [3.05, 3.63) is 72.4 Å². The predicted octanol–water partition coefficient (Wildman–Crippen LogP) is 5.89. The maximum absolute atomic E-state index is 6.39. The lowest BCUT2D eigenvalue weighted by atomic mass is 10.1. The number of hydrogen-bond donors (Lipinski definition) is 2. The SMILES string of the molecule is CNC1CCN(c2ccc(Nc3ccc(C)c(Oc4ccnc5cc(OC)c(OC)cc45)c3)cc2)C1. The molecule has 4 aromatic rings. The van der Waals surface area contributed by atoms with E-state index in [1.54, 1.807) is 20.4 Å². The van der Waals surface area contributed by atoms with Gasteiger partial charge in [-0.1, -0.05) is 6.07 Å². The lowest BCUT2D eigenvalue weighted by Crippen LogP contribution is -2.29. The molecule has 0 saturated carbocycles. The minimum Gasteiger partial charge on any atom is -0.493 e. The average Bonchev–Trinajstić information content (AvgIpc) is 3.40. The van der Waals surface area contributed by atoms with E-state index in [9.17, 15) is 0 Å². The third-order valence-corrected chi connectivity index (χ3v) is 6.73. The second-order valence-corrected chi connectivity index (χ2v) is 9.01. The van der Waals surface area contributed by atoms with Crippen molar-refractivity contribution in [1.82, 2.24) is 10.3 Å². The lowest BCUT2D eigenvalue weighted by Gasteiger charge is -2.19. The number of benzene rings is 3. The first-order valence-electron chi connectivity index (χ1n) is 12.2. The Labute approximate surface area is 212 Å². The summed E-state index contributed by atoms with van der Waals surface area (Å²) in [4.78, 5) is 6.90. The molecular formula is C29H32N4O3. The summed E-state index contributed by atoms with van der Waals surface area (Å²) in [6.45, 7) is 4.17. The Kier molecular flexibility index (Phi) is 6.82. The van der Waals surface area contributed by atoms with E-state index in [0.717, 1.165) is 46.7 Å². The zero-order valence-electron chi connectivity index (χ0n) is 21.2. The van der Waals surface area contributed by atoms with Crippen molar-refractivity contribution >= 4 is 28.0 Å². The zero-order valence-corrected chi connectivity index (χ0v) is 21.2. The second kappa shape index (κ2) is 10.3. The third kappa shape index (κ3) is 4.88. The number of aromatic nitrogens is 1. The Balaban J connectivity index is 1.36. The second-order valence-electron chi connectivity index (χ2n) is 9.01. The van der Waals surface area contributed by atoms with Crippen LogP contribution in [-0.2, 0) is 0 Å². The van der Waals surface area contributed by atoms with Gasteiger partial charge in [0.2, 0.25) is 0 Å². The van der Waals surface area contributed by atoms with Gasteiger partial charge in [-0.25, -0.2) is 0 Å². The van der Waals surface area contributed by atoms with Crippen molar-refractivity contribution in [2.45, 2.75) is 19.4 Å². The van der Waals surface area contributed by atoms with E-state index in [0.29, 0.717) is 23.3 Å². The Morgan fingerprint density at radius 2 is 1.61 bits per heavy atom. The normalized spacial score (nSPS) is 15.2. The zero-order chi connectivity index (χ0) is 25.1. The number of aryl methyl sites for hydroxylation is 1. The predicted molar refractivity (Wildman–Crippen MR) is 146 cm³/mol. The fraction of sp³-hybridized carbons (Fsp3) is 0.276. The van der Waals surface area contributed by atoms with Crippen LogP contribution in [0.4, 0.5) is 17.1 Å². The molecule has 1 saturated heterocycles. The first-order chi connectivity index (χ1) is 17.6. The molecule has 7 nitrogen and oxygen atoms in total. The average molecular weight is 485 g/mol. The molecule has 1 aliphatic rings. The van der Waals surface area contributed by atoms with Crippen LogP contribution in [0, 0.1) is 6.92 Å². The van der Waals surface area contributed by atoms with Gasteiger partial charge in [-0.05, 0) is 68.4 Å². The molecule has 1 atom stereocenters. The number of nitrogens with zero attached hydrogens (tertiary/aromatic N) is 2. The fourth-order valence-corrected chi connectivity index (χ4v) is 4.60. The van der Waals surface area contributed by atoms with E-state index in [1.807, 2.05) is 38.2 Å². The smallest absolute Gasteiger partial charge is 0.162 e. The van der Waals surface area contributed by atoms with Crippen molar-refractivity contribution in [3.63, 3.8) is 0 Å². The van der Waals surface area contributed by atoms with Crippen LogP contribution in [0.15, 0.2) is 66.9 Å². The first kappa shape index (κ1) is 23.8. The number of fused-ring (bicyclic) bond motifs is 1. The van der Waals surface area contributed by atoms with Crippen LogP contribution < -0.4 is 29.7 Å². The minimum atomic E-state index is 0.564. The highest BCUT2D eigenvalue weighted by atomic mass is 16.5. The molecule has 0 amide bonds. The molecule has 36 heavy (non-hydrogen) atoms. The fourth-order valence-electron chi connectivity index (χ4n) is 4.60. The monoisotopic (exact) mass is 484 g/mol. The molecule has 7 heteroatoms. The largest absolute Gasteiger partial charge is 0.493 e. The van der Waals surface area contributed by atoms with Crippen LogP contribution in [0.25, 0.3) is 10.9 Å². The summed E-state index contributed by atoms with van der Waals surface area (Å²) in [6.07, 6.45) is 2.91. The molecule has 1 aliphatic heterocycles. The molecule has 2 heterocycles. The highest BCUT2D eigenvalue weighted by molar-refractivity contribution is 5.88. The van der Waals surface area contributed by atoms with Gasteiger partial charge in [0.05, 0.1) is 19.7 Å². The van der Waals surface area contributed by atoms with Crippen LogP contribution in [0.5, 0.6) is 23.0 Å². The van der Waals surface area contributed by atoms with Gasteiger partial charge < -0.3 is 29.7 Å². The summed E-state index contributed by atoms with van der Waals surface area (Å²) in [5.41, 5.74) is 5.05. The quantitative estimate of drug-likeness (QED) is 0.323. The summed E-state index contributed by atoms with van der Waals surface area (Å²) in [5, 5.41) is 7.73. The molecule has 1 aromatic heterocycles. The van der Waals surface area contributed by atoms with Crippen molar-refractivity contribution in [2.75, 3.05) is 44.6 Å². The molecule has 5 rings (SSSR count). The maximum atomic E-state index is 6.39. The minimum absolute atomic E-state index is 0.564. The van der Waals surface area contributed by atoms with Gasteiger partial charge in [-0.2, -0.15) is 0 Å². The summed E-state index contributed by atoms with van der Waals surface area (Å²) in [5.74, 6) is 2.74. The number of anilines is 3. The van der Waals surface area contributed by atoms with Gasteiger partial charge in [-0.3, -0.25) is 4.98 Å². The molecule has 0 bridgehead atoms. The molecule has 0 spiro atoms. The van der Waals surface area contributed by atoms with Crippen LogP contribution >= 0.6 is 0 Å². The van der Waals surface area contributed by atoms with Gasteiger partial charge in [-0.15, -0.1) is 0 Å². The maximum Gasteiger partial charge on any atom is 0.162 e. The van der Waals surface area contributed by atoms with Crippen molar-refractivity contribution < 1.29 is 14.2 Å². The van der Waals surface area contributed by atoms with E-state index in [2.05, 4.69) is 56.9 Å². The van der Waals surface area contributed by atoms with Crippen molar-refractivity contribution in [1.29, 1.82) is 0 Å². The number of rotatable bonds is 8. The van der Waals surface area contributed by atoms with E-state index in [-0.39, 0.29) is 0 Å². The Morgan fingerprint density at radius 1 is 0.861 bits per heavy atom. The summed E-state index contributed by atoms with van der Waals surface area (Å²) in [7, 11) is 5.27. The highest BCUT2D eigenvalue weighted by Crippen LogP contribution is 2.38. The van der Waals surface area contributed by atoms with Crippen LogP contribution in [0.2, 0.25) is 0 Å². The highest BCUT2D eigenvalue weighted by Gasteiger charge is 2.21. The van der Waals surface area contributed by atoms with E-state index in [4.69, 9.17) is 14.2 Å². The molecule has 1 unspecified atom stereocenters. The Hall–Kier alpha value is -3.97. The molecule has 1 fully saturated rings. The number of hydrogen-bond acceptors (Lipinski definition) is 7. The first-order valence-corrected chi connectivity index (χ1v) is 12.2. The standard InChI is InChI=1S/C29H32N4O3/c1-19-5-6-21(32-20-7-9-23(10-8-20)33-14-12-22(18-33)30-2)15-27(19)36-26-11-13-31-25-17-29(35-4)28(34-3)16-24(25)26/h5-11,13,15-17,22,30,32H,12,14,18H2,1-4H3. The molecule has 0 radical (unpaired) electrons. The molecule has 186 valence electrons. The van der Waals surface area contributed by atoms with E-state index < -0.39 is 0 Å². The third-order valence-electron chi connectivity index (χ3n) is 6.73. The van der Waals surface area contributed by atoms with Gasteiger partial charge in [0.1, 0.15) is 11.5 Å². The topological polar surface area (TPSA) is 67.9 Å².